The SMILES string of the molecule is CCCc1ccc(NC(=O)c2cn(CCN)nn2)cc1. The summed E-state index contributed by atoms with van der Waals surface area (Å²) in [6.07, 6.45) is 3.74. The number of nitrogens with zero attached hydrogens (tertiary/aromatic N) is 3. The lowest BCUT2D eigenvalue weighted by Gasteiger charge is -2.04. The maximum atomic E-state index is 12.0. The van der Waals surface area contributed by atoms with E-state index in [1.54, 1.807) is 10.9 Å². The first-order valence-electron chi connectivity index (χ1n) is 6.73. The number of aryl methyl sites for hydroxylation is 1. The third-order valence-electron chi connectivity index (χ3n) is 2.88. The molecule has 0 saturated carbocycles. The van der Waals surface area contributed by atoms with E-state index in [9.17, 15) is 4.79 Å². The Morgan fingerprint density at radius 2 is 2.10 bits per heavy atom. The highest BCUT2D eigenvalue weighted by Crippen LogP contribution is 2.12. The van der Waals surface area contributed by atoms with E-state index in [1.165, 1.54) is 5.56 Å². The van der Waals surface area contributed by atoms with Crippen LogP contribution in [0, 0.1) is 0 Å². The molecule has 0 fully saturated rings. The van der Waals surface area contributed by atoms with Crippen LogP contribution < -0.4 is 11.1 Å². The van der Waals surface area contributed by atoms with E-state index in [-0.39, 0.29) is 11.6 Å². The Balaban J connectivity index is 1.99. The van der Waals surface area contributed by atoms with Gasteiger partial charge in [-0.05, 0) is 24.1 Å². The number of nitrogens with two attached hydrogens (primary N) is 1. The summed E-state index contributed by atoms with van der Waals surface area (Å²) in [5, 5.41) is 10.5. The number of aromatic nitrogens is 3. The third kappa shape index (κ3) is 3.64. The first-order valence-corrected chi connectivity index (χ1v) is 6.73. The van der Waals surface area contributed by atoms with Crippen molar-refractivity contribution in [3.05, 3.63) is 41.7 Å². The Bertz CT molecular complexity index is 561. The van der Waals surface area contributed by atoms with Crippen molar-refractivity contribution in [3.63, 3.8) is 0 Å². The molecule has 0 atom stereocenters. The molecule has 2 rings (SSSR count). The van der Waals surface area contributed by atoms with Crippen LogP contribution in [0.4, 0.5) is 5.69 Å². The largest absolute Gasteiger partial charge is 0.329 e. The van der Waals surface area contributed by atoms with E-state index < -0.39 is 0 Å². The summed E-state index contributed by atoms with van der Waals surface area (Å²) in [5.74, 6) is -0.267. The van der Waals surface area contributed by atoms with Gasteiger partial charge in [-0.1, -0.05) is 30.7 Å². The topological polar surface area (TPSA) is 85.8 Å². The molecule has 1 heterocycles. The highest BCUT2D eigenvalue weighted by molar-refractivity contribution is 6.02. The summed E-state index contributed by atoms with van der Waals surface area (Å²) in [4.78, 5) is 12.0. The van der Waals surface area contributed by atoms with Crippen LogP contribution in [-0.4, -0.2) is 27.4 Å². The molecular formula is C14H19N5O. The fraction of sp³-hybridized carbons (Fsp3) is 0.357. The molecule has 1 aromatic carbocycles. The highest BCUT2D eigenvalue weighted by Gasteiger charge is 2.10. The fourth-order valence-corrected chi connectivity index (χ4v) is 1.88. The van der Waals surface area contributed by atoms with Crippen LogP contribution in [0.3, 0.4) is 0 Å². The van der Waals surface area contributed by atoms with Gasteiger partial charge >= 0.3 is 0 Å². The van der Waals surface area contributed by atoms with Crippen LogP contribution in [0.2, 0.25) is 0 Å². The van der Waals surface area contributed by atoms with Gasteiger partial charge in [-0.15, -0.1) is 5.10 Å². The molecule has 20 heavy (non-hydrogen) atoms. The standard InChI is InChI=1S/C14H19N5O/c1-2-3-11-4-6-12(7-5-11)16-14(20)13-10-19(9-8-15)18-17-13/h4-7,10H,2-3,8-9,15H2,1H3,(H,16,20). The Morgan fingerprint density at radius 3 is 2.75 bits per heavy atom. The zero-order chi connectivity index (χ0) is 14.4. The molecule has 6 nitrogen and oxygen atoms in total. The fourth-order valence-electron chi connectivity index (χ4n) is 1.88. The van der Waals surface area contributed by atoms with Gasteiger partial charge in [0.15, 0.2) is 5.69 Å². The molecule has 0 aliphatic heterocycles. The van der Waals surface area contributed by atoms with Gasteiger partial charge < -0.3 is 11.1 Å². The van der Waals surface area contributed by atoms with Crippen molar-refractivity contribution in [2.45, 2.75) is 26.3 Å². The summed E-state index contributed by atoms with van der Waals surface area (Å²) in [7, 11) is 0. The normalized spacial score (nSPS) is 10.5. The van der Waals surface area contributed by atoms with Crippen molar-refractivity contribution in [2.24, 2.45) is 5.73 Å². The number of benzene rings is 1. The van der Waals surface area contributed by atoms with E-state index in [1.807, 2.05) is 24.3 Å². The zero-order valence-corrected chi connectivity index (χ0v) is 11.5. The van der Waals surface area contributed by atoms with Gasteiger partial charge in [0.1, 0.15) is 0 Å². The molecule has 6 heteroatoms. The van der Waals surface area contributed by atoms with Crippen molar-refractivity contribution in [1.29, 1.82) is 0 Å². The molecule has 2 aromatic rings. The van der Waals surface area contributed by atoms with Crippen molar-refractivity contribution in [2.75, 3.05) is 11.9 Å². The monoisotopic (exact) mass is 273 g/mol. The number of rotatable bonds is 6. The van der Waals surface area contributed by atoms with Crippen LogP contribution in [0.1, 0.15) is 29.4 Å². The number of anilines is 1. The van der Waals surface area contributed by atoms with Crippen LogP contribution in [0.5, 0.6) is 0 Å². The number of carbonyl (C=O) groups excluding carboxylic acids is 1. The van der Waals surface area contributed by atoms with Crippen LogP contribution in [0.15, 0.2) is 30.5 Å². The first kappa shape index (κ1) is 14.2. The lowest BCUT2D eigenvalue weighted by Crippen LogP contribution is -2.12. The second kappa shape index (κ2) is 6.81. The second-order valence-electron chi connectivity index (χ2n) is 4.56. The lowest BCUT2D eigenvalue weighted by molar-refractivity contribution is 0.102. The van der Waals surface area contributed by atoms with E-state index in [2.05, 4.69) is 22.6 Å². The molecule has 1 amide bonds. The number of amides is 1. The third-order valence-corrected chi connectivity index (χ3v) is 2.88. The van der Waals surface area contributed by atoms with Crippen molar-refractivity contribution in [1.82, 2.24) is 15.0 Å². The lowest BCUT2D eigenvalue weighted by atomic mass is 10.1. The average Bonchev–Trinajstić information content (AvgIpc) is 2.90. The van der Waals surface area contributed by atoms with E-state index >= 15 is 0 Å². The number of hydrogen-bond acceptors (Lipinski definition) is 4. The maximum Gasteiger partial charge on any atom is 0.277 e. The van der Waals surface area contributed by atoms with Crippen LogP contribution in [-0.2, 0) is 13.0 Å². The summed E-state index contributed by atoms with van der Waals surface area (Å²) < 4.78 is 1.55. The molecule has 0 aliphatic rings. The first-order chi connectivity index (χ1) is 9.72. The van der Waals surface area contributed by atoms with Crippen molar-refractivity contribution >= 4 is 11.6 Å². The van der Waals surface area contributed by atoms with E-state index in [4.69, 9.17) is 5.73 Å². The summed E-state index contributed by atoms with van der Waals surface area (Å²) >= 11 is 0. The molecule has 0 saturated heterocycles. The Morgan fingerprint density at radius 1 is 1.35 bits per heavy atom. The van der Waals surface area contributed by atoms with Crippen LogP contribution in [0.25, 0.3) is 0 Å². The predicted molar refractivity (Wildman–Crippen MR) is 77.5 cm³/mol. The molecule has 0 unspecified atom stereocenters. The highest BCUT2D eigenvalue weighted by atomic mass is 16.2. The smallest absolute Gasteiger partial charge is 0.277 e. The molecule has 0 radical (unpaired) electrons. The number of carbonyl (C=O) groups is 1. The molecule has 1 aromatic heterocycles. The molecule has 106 valence electrons. The van der Waals surface area contributed by atoms with Gasteiger partial charge in [-0.2, -0.15) is 0 Å². The van der Waals surface area contributed by atoms with E-state index in [0.29, 0.717) is 13.1 Å². The number of hydrogen-bond donors (Lipinski definition) is 2. The molecule has 0 aliphatic carbocycles. The van der Waals surface area contributed by atoms with E-state index in [0.717, 1.165) is 18.5 Å². The maximum absolute atomic E-state index is 12.0. The van der Waals surface area contributed by atoms with Crippen molar-refractivity contribution in [3.8, 4) is 0 Å². The average molecular weight is 273 g/mol. The minimum Gasteiger partial charge on any atom is -0.329 e. The predicted octanol–water partition coefficient (Wildman–Crippen LogP) is 1.44. The minimum atomic E-state index is -0.267. The molecule has 3 N–H and O–H groups in total. The van der Waals surface area contributed by atoms with Crippen LogP contribution >= 0.6 is 0 Å². The number of nitrogens with one attached hydrogen (secondary N) is 1. The van der Waals surface area contributed by atoms with Gasteiger partial charge in [0.25, 0.3) is 5.91 Å². The van der Waals surface area contributed by atoms with Crippen molar-refractivity contribution < 1.29 is 4.79 Å². The summed E-state index contributed by atoms with van der Waals surface area (Å²) in [6, 6.07) is 7.83. The molecular weight excluding hydrogens is 254 g/mol. The van der Waals surface area contributed by atoms with Gasteiger partial charge in [0.2, 0.25) is 0 Å². The Kier molecular flexibility index (Phi) is 4.84. The quantitative estimate of drug-likeness (QED) is 0.834. The minimum absolute atomic E-state index is 0.267. The second-order valence-corrected chi connectivity index (χ2v) is 4.56. The van der Waals surface area contributed by atoms with Gasteiger partial charge in [-0.25, -0.2) is 0 Å². The molecule has 0 bridgehead atoms. The van der Waals surface area contributed by atoms with Gasteiger partial charge in [-0.3, -0.25) is 9.48 Å². The molecule has 0 spiro atoms. The Labute approximate surface area is 118 Å². The summed E-state index contributed by atoms with van der Waals surface area (Å²) in [5.41, 5.74) is 7.72. The zero-order valence-electron chi connectivity index (χ0n) is 11.5. The van der Waals surface area contributed by atoms with Gasteiger partial charge in [0.05, 0.1) is 12.7 Å². The van der Waals surface area contributed by atoms with Gasteiger partial charge in [0, 0.05) is 12.2 Å². The Hall–Kier alpha value is -2.21. The summed E-state index contributed by atoms with van der Waals surface area (Å²) in [6.45, 7) is 3.15.